The van der Waals surface area contributed by atoms with Gasteiger partial charge < -0.3 is 15.0 Å². The highest BCUT2D eigenvalue weighted by molar-refractivity contribution is 5.87. The molecule has 0 aliphatic heterocycles. The summed E-state index contributed by atoms with van der Waals surface area (Å²) < 4.78 is 5.23. The first-order valence-corrected chi connectivity index (χ1v) is 11.3. The van der Waals surface area contributed by atoms with Crippen LogP contribution >= 0.6 is 0 Å². The number of benzene rings is 3. The zero-order valence-electron chi connectivity index (χ0n) is 19.4. The number of hydrogen-bond donors (Lipinski definition) is 1. The summed E-state index contributed by atoms with van der Waals surface area (Å²) in [5.74, 6) is 0.570. The molecule has 1 atom stereocenters. The van der Waals surface area contributed by atoms with Gasteiger partial charge in [-0.3, -0.25) is 9.59 Å². The Labute approximate surface area is 196 Å². The van der Waals surface area contributed by atoms with E-state index in [4.69, 9.17) is 4.74 Å². The summed E-state index contributed by atoms with van der Waals surface area (Å²) in [5, 5.41) is 2.99. The van der Waals surface area contributed by atoms with Gasteiger partial charge in [0.25, 0.3) is 0 Å². The highest BCUT2D eigenvalue weighted by Crippen LogP contribution is 2.16. The van der Waals surface area contributed by atoms with E-state index in [1.807, 2.05) is 84.9 Å². The van der Waals surface area contributed by atoms with E-state index in [2.05, 4.69) is 5.32 Å². The Bertz CT molecular complexity index is 1000. The van der Waals surface area contributed by atoms with Gasteiger partial charge in [0.2, 0.25) is 11.8 Å². The molecule has 1 N–H and O–H groups in total. The van der Waals surface area contributed by atoms with E-state index in [0.29, 0.717) is 25.9 Å². The second kappa shape index (κ2) is 12.4. The lowest BCUT2D eigenvalue weighted by atomic mass is 10.1. The fourth-order valence-electron chi connectivity index (χ4n) is 3.67. The molecule has 0 fully saturated rings. The van der Waals surface area contributed by atoms with Crippen LogP contribution in [0.5, 0.6) is 5.75 Å². The molecule has 33 heavy (non-hydrogen) atoms. The van der Waals surface area contributed by atoms with Crippen LogP contribution in [0.1, 0.15) is 30.0 Å². The number of rotatable bonds is 11. The first-order chi connectivity index (χ1) is 16.1. The van der Waals surface area contributed by atoms with Gasteiger partial charge in [0.15, 0.2) is 0 Å². The number of methoxy groups -OCH3 is 1. The summed E-state index contributed by atoms with van der Waals surface area (Å²) in [5.41, 5.74) is 3.22. The number of carbonyl (C=O) groups excluding carboxylic acids is 2. The van der Waals surface area contributed by atoms with Crippen molar-refractivity contribution in [1.29, 1.82) is 0 Å². The van der Waals surface area contributed by atoms with Crippen molar-refractivity contribution < 1.29 is 14.3 Å². The van der Waals surface area contributed by atoms with Gasteiger partial charge in [-0.1, -0.05) is 72.8 Å². The average molecular weight is 445 g/mol. The fraction of sp³-hybridized carbons (Fsp3) is 0.286. The van der Waals surface area contributed by atoms with Crippen LogP contribution in [0.4, 0.5) is 0 Å². The molecule has 0 bridgehead atoms. The Kier molecular flexibility index (Phi) is 9.07. The quantitative estimate of drug-likeness (QED) is 0.477. The van der Waals surface area contributed by atoms with Gasteiger partial charge in [-0.05, 0) is 48.6 Å². The molecule has 3 aromatic rings. The number of hydrogen-bond acceptors (Lipinski definition) is 3. The summed E-state index contributed by atoms with van der Waals surface area (Å²) >= 11 is 0. The molecule has 3 rings (SSSR count). The van der Waals surface area contributed by atoms with Crippen LogP contribution < -0.4 is 10.1 Å². The Morgan fingerprint density at radius 2 is 1.39 bits per heavy atom. The maximum atomic E-state index is 13.2. The van der Waals surface area contributed by atoms with Crippen LogP contribution in [-0.4, -0.2) is 36.4 Å². The maximum absolute atomic E-state index is 13.2. The number of nitrogens with one attached hydrogen (secondary N) is 1. The van der Waals surface area contributed by atoms with Crippen LogP contribution in [0.15, 0.2) is 84.9 Å². The molecule has 0 spiro atoms. The topological polar surface area (TPSA) is 58.6 Å². The van der Waals surface area contributed by atoms with Crippen molar-refractivity contribution in [3.63, 3.8) is 0 Å². The second-order valence-corrected chi connectivity index (χ2v) is 8.06. The number of ether oxygens (including phenoxy) is 1. The predicted octanol–water partition coefficient (Wildman–Crippen LogP) is 4.40. The molecular formula is C28H32N2O3. The lowest BCUT2D eigenvalue weighted by molar-refractivity contribution is -0.140. The fourth-order valence-corrected chi connectivity index (χ4v) is 3.67. The molecule has 0 aliphatic carbocycles. The third-order valence-electron chi connectivity index (χ3n) is 5.71. The van der Waals surface area contributed by atoms with Crippen molar-refractivity contribution in [2.45, 2.75) is 38.8 Å². The van der Waals surface area contributed by atoms with Gasteiger partial charge in [0, 0.05) is 19.5 Å². The Morgan fingerprint density at radius 1 is 0.818 bits per heavy atom. The average Bonchev–Trinajstić information content (AvgIpc) is 2.87. The summed E-state index contributed by atoms with van der Waals surface area (Å²) in [4.78, 5) is 27.8. The van der Waals surface area contributed by atoms with Crippen LogP contribution in [0.2, 0.25) is 0 Å². The molecule has 2 amide bonds. The minimum absolute atomic E-state index is 0.0413. The number of carbonyl (C=O) groups is 2. The van der Waals surface area contributed by atoms with Gasteiger partial charge in [-0.15, -0.1) is 0 Å². The molecule has 3 aromatic carbocycles. The van der Waals surface area contributed by atoms with Gasteiger partial charge in [-0.2, -0.15) is 0 Å². The van der Waals surface area contributed by atoms with E-state index in [1.54, 1.807) is 18.9 Å². The Hall–Kier alpha value is -3.60. The Balaban J connectivity index is 1.65. The lowest BCUT2D eigenvalue weighted by Crippen LogP contribution is -2.48. The largest absolute Gasteiger partial charge is 0.497 e. The molecule has 5 nitrogen and oxygen atoms in total. The van der Waals surface area contributed by atoms with E-state index < -0.39 is 6.04 Å². The predicted molar refractivity (Wildman–Crippen MR) is 131 cm³/mol. The molecule has 0 radical (unpaired) electrons. The summed E-state index contributed by atoms with van der Waals surface area (Å²) in [6.07, 6.45) is 1.74. The number of nitrogens with zero attached hydrogens (tertiary/aromatic N) is 1. The van der Waals surface area contributed by atoms with Crippen molar-refractivity contribution in [2.75, 3.05) is 13.7 Å². The molecule has 0 heterocycles. The molecule has 1 unspecified atom stereocenters. The monoisotopic (exact) mass is 444 g/mol. The van der Waals surface area contributed by atoms with Crippen LogP contribution in [0.3, 0.4) is 0 Å². The highest BCUT2D eigenvalue weighted by atomic mass is 16.5. The van der Waals surface area contributed by atoms with Gasteiger partial charge in [-0.25, -0.2) is 0 Å². The van der Waals surface area contributed by atoms with Gasteiger partial charge in [0.05, 0.1) is 7.11 Å². The highest BCUT2D eigenvalue weighted by Gasteiger charge is 2.25. The third-order valence-corrected chi connectivity index (χ3v) is 5.71. The number of aryl methyl sites for hydroxylation is 1. The standard InChI is InChI=1S/C28H32N2O3/c1-22(28(32)29-20-19-24-11-7-4-8-12-24)30(21-25-13-16-26(33-2)17-14-25)27(31)18-15-23-9-5-3-6-10-23/h3-14,16-17,22H,15,18-21H2,1-2H3,(H,29,32). The molecule has 172 valence electrons. The minimum Gasteiger partial charge on any atom is -0.497 e. The number of amides is 2. The van der Waals surface area contributed by atoms with E-state index in [1.165, 1.54) is 5.56 Å². The first kappa shape index (κ1) is 24.1. The van der Waals surface area contributed by atoms with Gasteiger partial charge >= 0.3 is 0 Å². The van der Waals surface area contributed by atoms with Crippen LogP contribution in [-0.2, 0) is 29.0 Å². The van der Waals surface area contributed by atoms with E-state index >= 15 is 0 Å². The molecule has 0 aromatic heterocycles. The van der Waals surface area contributed by atoms with Crippen LogP contribution in [0, 0.1) is 0 Å². The van der Waals surface area contributed by atoms with E-state index in [9.17, 15) is 9.59 Å². The van der Waals surface area contributed by atoms with Gasteiger partial charge in [0.1, 0.15) is 11.8 Å². The molecule has 0 saturated heterocycles. The van der Waals surface area contributed by atoms with Crippen molar-refractivity contribution in [3.8, 4) is 5.75 Å². The second-order valence-electron chi connectivity index (χ2n) is 8.06. The zero-order chi connectivity index (χ0) is 23.5. The lowest BCUT2D eigenvalue weighted by Gasteiger charge is -2.29. The first-order valence-electron chi connectivity index (χ1n) is 11.3. The van der Waals surface area contributed by atoms with Crippen molar-refractivity contribution in [3.05, 3.63) is 102 Å². The zero-order valence-corrected chi connectivity index (χ0v) is 19.4. The van der Waals surface area contributed by atoms with Crippen molar-refractivity contribution >= 4 is 11.8 Å². The molecule has 5 heteroatoms. The molecular weight excluding hydrogens is 412 g/mol. The summed E-state index contributed by atoms with van der Waals surface area (Å²) in [6, 6.07) is 27.0. The Morgan fingerprint density at radius 3 is 1.97 bits per heavy atom. The van der Waals surface area contributed by atoms with E-state index in [0.717, 1.165) is 23.3 Å². The summed E-state index contributed by atoms with van der Waals surface area (Å²) in [7, 11) is 1.62. The molecule has 0 saturated carbocycles. The smallest absolute Gasteiger partial charge is 0.242 e. The molecule has 0 aliphatic rings. The SMILES string of the molecule is COc1ccc(CN(C(=O)CCc2ccccc2)C(C)C(=O)NCCc2ccccc2)cc1. The summed E-state index contributed by atoms with van der Waals surface area (Å²) in [6.45, 7) is 2.69. The normalized spacial score (nSPS) is 11.5. The van der Waals surface area contributed by atoms with Crippen molar-refractivity contribution in [2.24, 2.45) is 0 Å². The van der Waals surface area contributed by atoms with Crippen molar-refractivity contribution in [1.82, 2.24) is 10.2 Å². The third kappa shape index (κ3) is 7.49. The van der Waals surface area contributed by atoms with Crippen LogP contribution in [0.25, 0.3) is 0 Å². The van der Waals surface area contributed by atoms with E-state index in [-0.39, 0.29) is 11.8 Å². The minimum atomic E-state index is -0.578. The maximum Gasteiger partial charge on any atom is 0.242 e.